The van der Waals surface area contributed by atoms with Gasteiger partial charge >= 0.3 is 11.9 Å². The number of methoxy groups -OCH3 is 1. The molecule has 0 bridgehead atoms. The number of hydrogen-bond acceptors (Lipinski definition) is 11. The first-order valence-electron chi connectivity index (χ1n) is 15.3. The van der Waals surface area contributed by atoms with Crippen LogP contribution >= 0.6 is 34.5 Å². The molecule has 5 rings (SSSR count). The molecule has 0 saturated heterocycles. The van der Waals surface area contributed by atoms with Crippen LogP contribution in [0.5, 0.6) is 17.2 Å². The van der Waals surface area contributed by atoms with E-state index in [1.54, 1.807) is 81.4 Å². The van der Waals surface area contributed by atoms with Crippen molar-refractivity contribution in [2.45, 2.75) is 33.4 Å². The van der Waals surface area contributed by atoms with Crippen LogP contribution in [0.1, 0.15) is 49.1 Å². The van der Waals surface area contributed by atoms with Crippen molar-refractivity contribution in [2.24, 2.45) is 4.99 Å². The number of esters is 2. The molecular formula is C36H31Cl2N3O8S. The molecule has 1 atom stereocenters. The van der Waals surface area contributed by atoms with Crippen LogP contribution in [0, 0.1) is 11.3 Å². The fraction of sp³-hybridized carbons (Fsp3) is 0.250. The number of halogens is 2. The molecule has 14 heteroatoms. The molecule has 258 valence electrons. The molecule has 1 aliphatic heterocycles. The van der Waals surface area contributed by atoms with Gasteiger partial charge in [-0.25, -0.2) is 14.6 Å². The predicted molar refractivity (Wildman–Crippen MR) is 187 cm³/mol. The first-order chi connectivity index (χ1) is 24.1. The van der Waals surface area contributed by atoms with Gasteiger partial charge in [-0.2, -0.15) is 5.26 Å². The number of ether oxygens (including phenoxy) is 5. The predicted octanol–water partition coefficient (Wildman–Crippen LogP) is 5.51. The number of nitriles is 1. The molecule has 3 aromatic carbocycles. The third-order valence-corrected chi connectivity index (χ3v) is 8.95. The summed E-state index contributed by atoms with van der Waals surface area (Å²) in [5.74, 6) is -0.326. The van der Waals surface area contributed by atoms with Gasteiger partial charge in [0.15, 0.2) is 22.9 Å². The fourth-order valence-electron chi connectivity index (χ4n) is 5.20. The van der Waals surface area contributed by atoms with Crippen molar-refractivity contribution in [3.05, 3.63) is 118 Å². The summed E-state index contributed by atoms with van der Waals surface area (Å²) >= 11 is 14.1. The summed E-state index contributed by atoms with van der Waals surface area (Å²) in [6.07, 6.45) is 1.62. The highest BCUT2D eigenvalue weighted by molar-refractivity contribution is 7.07. The number of nitrogens with zero attached hydrogens (tertiary/aromatic N) is 3. The van der Waals surface area contributed by atoms with Crippen molar-refractivity contribution >= 4 is 52.6 Å². The number of carbonyl (C=O) groups is 2. The quantitative estimate of drug-likeness (QED) is 0.173. The number of aromatic nitrogens is 1. The van der Waals surface area contributed by atoms with E-state index < -0.39 is 23.5 Å². The summed E-state index contributed by atoms with van der Waals surface area (Å²) in [4.78, 5) is 44.5. The lowest BCUT2D eigenvalue weighted by atomic mass is 9.95. The summed E-state index contributed by atoms with van der Waals surface area (Å²) in [5, 5.41) is 9.68. The minimum absolute atomic E-state index is 0.109. The lowest BCUT2D eigenvalue weighted by Crippen LogP contribution is -2.40. The lowest BCUT2D eigenvalue weighted by Gasteiger charge is -2.25. The zero-order chi connectivity index (χ0) is 35.9. The second-order valence-corrected chi connectivity index (χ2v) is 12.6. The monoisotopic (exact) mass is 735 g/mol. The smallest absolute Gasteiger partial charge is 0.343 e. The largest absolute Gasteiger partial charge is 0.490 e. The van der Waals surface area contributed by atoms with Crippen LogP contribution in [-0.4, -0.2) is 43.4 Å². The molecule has 0 fully saturated rings. The van der Waals surface area contributed by atoms with Gasteiger partial charge in [0.1, 0.15) is 12.4 Å². The zero-order valence-electron chi connectivity index (χ0n) is 27.5. The standard InChI is InChI=1S/C36H31Cl2N3O8S/c1-5-46-28-14-23(11-12-27(28)48-19-30(42)45-4)32-31(35(44)47-6-2)20(3)40-36-41(32)34(43)29(50-36)15-24-13-25(37)16-26(38)33(24)49-18-22-9-7-21(17-39)8-10-22/h7-16,32H,5-6,18-19H2,1-4H3/b29-15+/t32-/m0/s1. The summed E-state index contributed by atoms with van der Waals surface area (Å²) in [6.45, 7) is 5.34. The molecule has 0 unspecified atom stereocenters. The van der Waals surface area contributed by atoms with E-state index in [-0.39, 0.29) is 47.3 Å². The van der Waals surface area contributed by atoms with E-state index in [4.69, 9.17) is 47.4 Å². The summed E-state index contributed by atoms with van der Waals surface area (Å²) in [5.41, 5.74) is 2.40. The Kier molecular flexibility index (Phi) is 11.6. The first-order valence-corrected chi connectivity index (χ1v) is 16.9. The van der Waals surface area contributed by atoms with Crippen LogP contribution in [0.15, 0.2) is 75.7 Å². The fourth-order valence-corrected chi connectivity index (χ4v) is 6.80. The average molecular weight is 737 g/mol. The van der Waals surface area contributed by atoms with Gasteiger partial charge in [0.05, 0.1) is 58.8 Å². The average Bonchev–Trinajstić information content (AvgIpc) is 3.40. The minimum atomic E-state index is -0.948. The van der Waals surface area contributed by atoms with E-state index in [2.05, 4.69) is 15.8 Å². The van der Waals surface area contributed by atoms with Crippen LogP contribution in [0.3, 0.4) is 0 Å². The third-order valence-electron chi connectivity index (χ3n) is 7.46. The van der Waals surface area contributed by atoms with E-state index in [1.165, 1.54) is 11.7 Å². The Hall–Kier alpha value is -5.09. The number of allylic oxidation sites excluding steroid dienone is 1. The Bertz CT molecular complexity index is 2200. The number of fused-ring (bicyclic) bond motifs is 1. The van der Waals surface area contributed by atoms with E-state index in [0.717, 1.165) is 16.9 Å². The molecule has 0 aliphatic carbocycles. The summed E-state index contributed by atoms with van der Waals surface area (Å²) in [7, 11) is 1.26. The Balaban J connectivity index is 1.63. The van der Waals surface area contributed by atoms with Gasteiger partial charge in [-0.1, -0.05) is 52.7 Å². The number of carbonyl (C=O) groups excluding carboxylic acids is 2. The molecule has 50 heavy (non-hydrogen) atoms. The number of thiazole rings is 1. The molecular weight excluding hydrogens is 705 g/mol. The molecule has 0 saturated carbocycles. The molecule has 0 spiro atoms. The van der Waals surface area contributed by atoms with Gasteiger partial charge in [0, 0.05) is 10.6 Å². The van der Waals surface area contributed by atoms with Gasteiger partial charge in [-0.3, -0.25) is 9.36 Å². The topological polar surface area (TPSA) is 138 Å². The van der Waals surface area contributed by atoms with Crippen LogP contribution in [0.2, 0.25) is 10.0 Å². The van der Waals surface area contributed by atoms with Crippen molar-refractivity contribution in [1.29, 1.82) is 5.26 Å². The van der Waals surface area contributed by atoms with Crippen LogP contribution in [0.4, 0.5) is 0 Å². The van der Waals surface area contributed by atoms with Gasteiger partial charge in [-0.05, 0) is 74.4 Å². The number of rotatable bonds is 12. The second-order valence-electron chi connectivity index (χ2n) is 10.7. The highest BCUT2D eigenvalue weighted by Crippen LogP contribution is 2.37. The Labute approximate surface area is 301 Å². The Morgan fingerprint density at radius 2 is 1.78 bits per heavy atom. The van der Waals surface area contributed by atoms with Crippen LogP contribution in [-0.2, 0) is 25.7 Å². The Morgan fingerprint density at radius 1 is 1.02 bits per heavy atom. The molecule has 11 nitrogen and oxygen atoms in total. The third kappa shape index (κ3) is 7.86. The molecule has 0 N–H and O–H groups in total. The molecule has 1 aromatic heterocycles. The van der Waals surface area contributed by atoms with E-state index in [0.29, 0.717) is 43.7 Å². The molecule has 0 amide bonds. The number of hydrogen-bond donors (Lipinski definition) is 0. The van der Waals surface area contributed by atoms with Crippen molar-refractivity contribution < 1.29 is 33.3 Å². The SMILES string of the molecule is CCOC(=O)C1=C(C)N=c2s/c(=C/c3cc(Cl)cc(Cl)c3OCc3ccc(C#N)cc3)c(=O)n2[C@H]1c1ccc(OCC(=O)OC)c(OCC)c1. The molecule has 0 radical (unpaired) electrons. The Morgan fingerprint density at radius 3 is 2.46 bits per heavy atom. The van der Waals surface area contributed by atoms with Crippen molar-refractivity contribution in [1.82, 2.24) is 4.57 Å². The van der Waals surface area contributed by atoms with Gasteiger partial charge < -0.3 is 23.7 Å². The minimum Gasteiger partial charge on any atom is -0.490 e. The second kappa shape index (κ2) is 16.1. The maximum absolute atomic E-state index is 14.3. The summed E-state index contributed by atoms with van der Waals surface area (Å²) in [6, 6.07) is 16.2. The summed E-state index contributed by atoms with van der Waals surface area (Å²) < 4.78 is 29.4. The molecule has 2 heterocycles. The highest BCUT2D eigenvalue weighted by Gasteiger charge is 2.34. The van der Waals surface area contributed by atoms with E-state index in [1.807, 2.05) is 0 Å². The molecule has 1 aliphatic rings. The van der Waals surface area contributed by atoms with Gasteiger partial charge in [0.25, 0.3) is 5.56 Å². The maximum atomic E-state index is 14.3. The van der Waals surface area contributed by atoms with Crippen LogP contribution in [0.25, 0.3) is 6.08 Å². The van der Waals surface area contributed by atoms with E-state index >= 15 is 0 Å². The van der Waals surface area contributed by atoms with Crippen molar-refractivity contribution in [2.75, 3.05) is 26.9 Å². The van der Waals surface area contributed by atoms with Crippen LogP contribution < -0.4 is 29.1 Å². The van der Waals surface area contributed by atoms with Gasteiger partial charge in [0.2, 0.25) is 0 Å². The highest BCUT2D eigenvalue weighted by atomic mass is 35.5. The molecule has 4 aromatic rings. The zero-order valence-corrected chi connectivity index (χ0v) is 29.8. The van der Waals surface area contributed by atoms with Crippen molar-refractivity contribution in [3.63, 3.8) is 0 Å². The van der Waals surface area contributed by atoms with Gasteiger partial charge in [-0.15, -0.1) is 0 Å². The lowest BCUT2D eigenvalue weighted by molar-refractivity contribution is -0.143. The normalized spacial score (nSPS) is 13.9. The first kappa shape index (κ1) is 36.2. The number of benzene rings is 3. The van der Waals surface area contributed by atoms with E-state index in [9.17, 15) is 14.4 Å². The maximum Gasteiger partial charge on any atom is 0.343 e. The van der Waals surface area contributed by atoms with Crippen molar-refractivity contribution in [3.8, 4) is 23.3 Å².